The highest BCUT2D eigenvalue weighted by atomic mass is 32.1. The molecule has 1 unspecified atom stereocenters. The number of methoxy groups -OCH3 is 1. The summed E-state index contributed by atoms with van der Waals surface area (Å²) in [6.07, 6.45) is 3.39. The highest BCUT2D eigenvalue weighted by Gasteiger charge is 2.30. The zero-order valence-corrected chi connectivity index (χ0v) is 15.2. The average Bonchev–Trinajstić information content (AvgIpc) is 2.58. The van der Waals surface area contributed by atoms with Crippen LogP contribution in [0, 0.1) is 0 Å². The van der Waals surface area contributed by atoms with Gasteiger partial charge in [0.05, 0.1) is 25.3 Å². The summed E-state index contributed by atoms with van der Waals surface area (Å²) in [5.74, 6) is 0.451. The second-order valence-corrected chi connectivity index (χ2v) is 6.09. The van der Waals surface area contributed by atoms with Crippen molar-refractivity contribution in [3.05, 3.63) is 41.1 Å². The van der Waals surface area contributed by atoms with Crippen molar-refractivity contribution >= 4 is 23.3 Å². The van der Waals surface area contributed by atoms with E-state index in [1.54, 1.807) is 0 Å². The normalized spacial score (nSPS) is 17.1. The topological polar surface area (TPSA) is 59.6 Å². The Hall–Kier alpha value is -2.08. The first-order chi connectivity index (χ1) is 11.6. The molecule has 0 saturated heterocycles. The third kappa shape index (κ3) is 4.47. The summed E-state index contributed by atoms with van der Waals surface area (Å²) in [6.45, 7) is 4.70. The molecule has 1 atom stereocenters. The second-order valence-electron chi connectivity index (χ2n) is 5.69. The van der Waals surface area contributed by atoms with Gasteiger partial charge in [0.2, 0.25) is 0 Å². The maximum absolute atomic E-state index is 12.1. The van der Waals surface area contributed by atoms with Gasteiger partial charge in [-0.3, -0.25) is 0 Å². The lowest BCUT2D eigenvalue weighted by atomic mass is 9.95. The summed E-state index contributed by atoms with van der Waals surface area (Å²) in [5, 5.41) is 6.59. The van der Waals surface area contributed by atoms with E-state index in [1.807, 2.05) is 31.2 Å². The van der Waals surface area contributed by atoms with E-state index < -0.39 is 0 Å². The number of unbranched alkanes of at least 4 members (excludes halogenated alkanes) is 2. The summed E-state index contributed by atoms with van der Waals surface area (Å²) in [7, 11) is 1.37. The minimum absolute atomic E-state index is 0.333. The Kier molecular flexibility index (Phi) is 6.61. The highest BCUT2D eigenvalue weighted by Crippen LogP contribution is 2.28. The van der Waals surface area contributed by atoms with Gasteiger partial charge in [0.25, 0.3) is 0 Å². The van der Waals surface area contributed by atoms with Crippen LogP contribution < -0.4 is 15.4 Å². The molecule has 0 saturated carbocycles. The molecular formula is C18H24N2O3S. The van der Waals surface area contributed by atoms with Crippen LogP contribution in [0.3, 0.4) is 0 Å². The number of esters is 1. The molecule has 0 aliphatic carbocycles. The number of hydrogen-bond donors (Lipinski definition) is 2. The lowest BCUT2D eigenvalue weighted by molar-refractivity contribution is -0.136. The van der Waals surface area contributed by atoms with E-state index in [0.29, 0.717) is 16.4 Å². The molecule has 5 nitrogen and oxygen atoms in total. The van der Waals surface area contributed by atoms with Gasteiger partial charge in [-0.2, -0.15) is 0 Å². The van der Waals surface area contributed by atoms with Gasteiger partial charge in [0.1, 0.15) is 5.75 Å². The zero-order chi connectivity index (χ0) is 17.5. The summed E-state index contributed by atoms with van der Waals surface area (Å²) in [5.41, 5.74) is 2.16. The zero-order valence-electron chi connectivity index (χ0n) is 14.3. The molecule has 2 rings (SSSR count). The summed E-state index contributed by atoms with van der Waals surface area (Å²) in [6, 6.07) is 7.38. The van der Waals surface area contributed by atoms with Crippen LogP contribution in [0.4, 0.5) is 0 Å². The molecule has 1 aromatic rings. The van der Waals surface area contributed by atoms with Gasteiger partial charge in [-0.05, 0) is 43.3 Å². The number of nitrogens with one attached hydrogen (secondary N) is 2. The maximum atomic E-state index is 12.1. The lowest BCUT2D eigenvalue weighted by Gasteiger charge is -2.29. The molecule has 0 aromatic heterocycles. The minimum Gasteiger partial charge on any atom is -0.494 e. The van der Waals surface area contributed by atoms with Crippen LogP contribution in [0.2, 0.25) is 0 Å². The molecule has 0 amide bonds. The number of hydrogen-bond acceptors (Lipinski definition) is 4. The predicted molar refractivity (Wildman–Crippen MR) is 97.8 cm³/mol. The number of rotatable bonds is 7. The van der Waals surface area contributed by atoms with Crippen molar-refractivity contribution in [3.8, 4) is 5.75 Å². The van der Waals surface area contributed by atoms with Crippen molar-refractivity contribution < 1.29 is 14.3 Å². The summed E-state index contributed by atoms with van der Waals surface area (Å²) in [4.78, 5) is 12.1. The van der Waals surface area contributed by atoms with E-state index in [9.17, 15) is 4.79 Å². The van der Waals surface area contributed by atoms with Crippen LogP contribution in [-0.2, 0) is 9.53 Å². The van der Waals surface area contributed by atoms with Crippen molar-refractivity contribution in [2.24, 2.45) is 0 Å². The Bertz CT molecular complexity index is 626. The van der Waals surface area contributed by atoms with Gasteiger partial charge in [-0.1, -0.05) is 31.9 Å². The fraction of sp³-hybridized carbons (Fsp3) is 0.444. The lowest BCUT2D eigenvalue weighted by Crippen LogP contribution is -2.45. The first kappa shape index (κ1) is 18.3. The molecule has 1 aromatic carbocycles. The second kappa shape index (κ2) is 8.68. The van der Waals surface area contributed by atoms with Crippen molar-refractivity contribution in [2.75, 3.05) is 13.7 Å². The first-order valence-electron chi connectivity index (χ1n) is 8.16. The fourth-order valence-electron chi connectivity index (χ4n) is 2.62. The first-order valence-corrected chi connectivity index (χ1v) is 8.57. The van der Waals surface area contributed by atoms with Crippen LogP contribution in [0.5, 0.6) is 5.75 Å². The smallest absolute Gasteiger partial charge is 0.337 e. The van der Waals surface area contributed by atoms with Crippen LogP contribution in [-0.4, -0.2) is 24.8 Å². The van der Waals surface area contributed by atoms with Crippen LogP contribution in [0.1, 0.15) is 44.7 Å². The highest BCUT2D eigenvalue weighted by molar-refractivity contribution is 7.80. The molecular weight excluding hydrogens is 324 g/mol. The van der Waals surface area contributed by atoms with Gasteiger partial charge < -0.3 is 20.1 Å². The number of benzene rings is 1. The molecule has 130 valence electrons. The molecule has 1 aliphatic heterocycles. The molecule has 0 bridgehead atoms. The van der Waals surface area contributed by atoms with Gasteiger partial charge in [0.15, 0.2) is 5.11 Å². The van der Waals surface area contributed by atoms with Gasteiger partial charge >= 0.3 is 5.97 Å². The number of ether oxygens (including phenoxy) is 2. The predicted octanol–water partition coefficient (Wildman–Crippen LogP) is 3.22. The van der Waals surface area contributed by atoms with Crippen molar-refractivity contribution in [1.29, 1.82) is 0 Å². The van der Waals surface area contributed by atoms with Gasteiger partial charge in [0, 0.05) is 5.70 Å². The quantitative estimate of drug-likeness (QED) is 0.448. The maximum Gasteiger partial charge on any atom is 0.337 e. The van der Waals surface area contributed by atoms with Gasteiger partial charge in [-0.25, -0.2) is 4.79 Å². The van der Waals surface area contributed by atoms with Crippen LogP contribution >= 0.6 is 12.2 Å². The van der Waals surface area contributed by atoms with E-state index in [2.05, 4.69) is 17.6 Å². The summed E-state index contributed by atoms with van der Waals surface area (Å²) < 4.78 is 10.6. The molecule has 1 aliphatic rings. The largest absolute Gasteiger partial charge is 0.494 e. The fourth-order valence-corrected chi connectivity index (χ4v) is 2.89. The molecule has 0 spiro atoms. The van der Waals surface area contributed by atoms with E-state index in [1.165, 1.54) is 20.0 Å². The van der Waals surface area contributed by atoms with Crippen molar-refractivity contribution in [1.82, 2.24) is 10.6 Å². The number of allylic oxidation sites excluding steroid dienone is 1. The van der Waals surface area contributed by atoms with Crippen LogP contribution in [0.15, 0.2) is 35.5 Å². The monoisotopic (exact) mass is 348 g/mol. The Labute approximate surface area is 148 Å². The Morgan fingerprint density at radius 2 is 1.96 bits per heavy atom. The van der Waals surface area contributed by atoms with E-state index in [0.717, 1.165) is 24.3 Å². The molecule has 1 heterocycles. The van der Waals surface area contributed by atoms with Gasteiger partial charge in [-0.15, -0.1) is 0 Å². The van der Waals surface area contributed by atoms with Crippen molar-refractivity contribution in [2.45, 2.75) is 39.2 Å². The summed E-state index contributed by atoms with van der Waals surface area (Å²) >= 11 is 5.21. The molecule has 0 radical (unpaired) electrons. The molecule has 6 heteroatoms. The number of carbonyl (C=O) groups is 1. The molecule has 24 heavy (non-hydrogen) atoms. The third-order valence-corrected chi connectivity index (χ3v) is 4.12. The minimum atomic E-state index is -0.375. The van der Waals surface area contributed by atoms with Crippen LogP contribution in [0.25, 0.3) is 0 Å². The Morgan fingerprint density at radius 1 is 1.25 bits per heavy atom. The average molecular weight is 348 g/mol. The Balaban J connectivity index is 2.15. The standard InChI is InChI=1S/C18H24N2O3S/c1-4-5-6-11-23-14-9-7-13(8-10-14)16-15(17(21)22-3)12(2)19-18(24)20-16/h7-10,16H,4-6,11H2,1-3H3,(H2,19,20,24). The third-order valence-electron chi connectivity index (χ3n) is 3.90. The van der Waals surface area contributed by atoms with E-state index in [-0.39, 0.29) is 12.0 Å². The van der Waals surface area contributed by atoms with E-state index >= 15 is 0 Å². The number of carbonyl (C=O) groups excluding carboxylic acids is 1. The molecule has 2 N–H and O–H groups in total. The van der Waals surface area contributed by atoms with Crippen molar-refractivity contribution in [3.63, 3.8) is 0 Å². The SMILES string of the molecule is CCCCCOc1ccc(C2NC(=S)NC(C)=C2C(=O)OC)cc1. The Morgan fingerprint density at radius 3 is 2.58 bits per heavy atom. The van der Waals surface area contributed by atoms with E-state index in [4.69, 9.17) is 21.7 Å². The molecule has 0 fully saturated rings. The number of thiocarbonyl (C=S) groups is 1.